The summed E-state index contributed by atoms with van der Waals surface area (Å²) in [6.45, 7) is 4.41. The number of hydrogen-bond acceptors (Lipinski definition) is 4. The fourth-order valence-corrected chi connectivity index (χ4v) is 3.84. The van der Waals surface area contributed by atoms with Crippen LogP contribution in [0.2, 0.25) is 5.28 Å². The molecule has 3 rings (SSSR count). The molecule has 112 valence electrons. The predicted octanol–water partition coefficient (Wildman–Crippen LogP) is 4.10. The smallest absolute Gasteiger partial charge is 0.224 e. The van der Waals surface area contributed by atoms with Crippen LogP contribution in [0.4, 0.5) is 11.5 Å². The monoisotopic (exact) mass is 331 g/mol. The maximum Gasteiger partial charge on any atom is 0.224 e. The van der Waals surface area contributed by atoms with Crippen LogP contribution < -0.4 is 10.6 Å². The zero-order chi connectivity index (χ0) is 15.7. The van der Waals surface area contributed by atoms with Gasteiger partial charge in [-0.2, -0.15) is 4.98 Å². The minimum absolute atomic E-state index is 0.0277. The second-order valence-electron chi connectivity index (χ2n) is 5.08. The van der Waals surface area contributed by atoms with Crippen molar-refractivity contribution in [1.82, 2.24) is 9.97 Å². The van der Waals surface area contributed by atoms with Crippen molar-refractivity contribution in [2.45, 2.75) is 0 Å². The van der Waals surface area contributed by atoms with Crippen molar-refractivity contribution in [1.29, 1.82) is 0 Å². The highest BCUT2D eigenvalue weighted by molar-refractivity contribution is 7.65. The highest BCUT2D eigenvalue weighted by Gasteiger charge is 2.13. The van der Waals surface area contributed by atoms with E-state index in [9.17, 15) is 5.11 Å². The topological polar surface area (TPSA) is 58.0 Å². The molecule has 0 bridgehead atoms. The van der Waals surface area contributed by atoms with E-state index < -0.39 is 0 Å². The molecule has 2 N–H and O–H groups in total. The molecule has 6 heteroatoms. The van der Waals surface area contributed by atoms with Gasteiger partial charge in [0.1, 0.15) is 0 Å². The lowest BCUT2D eigenvalue weighted by Gasteiger charge is -2.18. The van der Waals surface area contributed by atoms with Gasteiger partial charge in [-0.1, -0.05) is 38.3 Å². The third-order valence-electron chi connectivity index (χ3n) is 3.34. The average Bonchev–Trinajstić information content (AvgIpc) is 2.50. The minimum atomic E-state index is -0.350. The van der Waals surface area contributed by atoms with Gasteiger partial charge in [0.25, 0.3) is 0 Å². The molecule has 1 heterocycles. The summed E-state index contributed by atoms with van der Waals surface area (Å²) in [5.74, 6) is 0.286. The van der Waals surface area contributed by atoms with Crippen LogP contribution in [0.3, 0.4) is 0 Å². The van der Waals surface area contributed by atoms with Gasteiger partial charge < -0.3 is 10.4 Å². The van der Waals surface area contributed by atoms with Crippen LogP contribution in [0, 0.1) is 0 Å². The summed E-state index contributed by atoms with van der Waals surface area (Å²) in [4.78, 5) is 7.81. The number of aromatic hydroxyl groups is 1. The first-order valence-corrected chi connectivity index (χ1v) is 9.35. The van der Waals surface area contributed by atoms with Gasteiger partial charge in [-0.3, -0.25) is 0 Å². The van der Waals surface area contributed by atoms with Gasteiger partial charge in [-0.05, 0) is 41.8 Å². The second-order valence-corrected chi connectivity index (χ2v) is 7.65. The molecule has 0 radical (unpaired) electrons. The van der Waals surface area contributed by atoms with Crippen molar-refractivity contribution in [2.24, 2.45) is 0 Å². The van der Waals surface area contributed by atoms with E-state index in [0.717, 1.165) is 5.69 Å². The van der Waals surface area contributed by atoms with E-state index in [1.54, 1.807) is 0 Å². The summed E-state index contributed by atoms with van der Waals surface area (Å²) < 4.78 is 0. The van der Waals surface area contributed by atoms with Crippen LogP contribution in [-0.2, 0) is 0 Å². The number of hydrogen-bond donors (Lipinski definition) is 2. The molecule has 1 aromatic heterocycles. The summed E-state index contributed by atoms with van der Waals surface area (Å²) in [6.07, 6.45) is 1.29. The molecule has 0 fully saturated rings. The first-order valence-electron chi connectivity index (χ1n) is 6.74. The van der Waals surface area contributed by atoms with Crippen molar-refractivity contribution in [3.63, 3.8) is 0 Å². The number of fused-ring (bicyclic) bond motifs is 1. The standard InChI is InChI=1S/C16H15ClN3OP/c1-22(2)14-11-6-4-3-5-10(11)7-8-12(14)19-15-13(21)9-18-16(17)20-15/h3-9,21H,1-2H3,(H,18,19,20). The van der Waals surface area contributed by atoms with Crippen LogP contribution >= 0.6 is 19.5 Å². The third kappa shape index (κ3) is 2.85. The van der Waals surface area contributed by atoms with Gasteiger partial charge in [0, 0.05) is 11.0 Å². The Morgan fingerprint density at radius 1 is 1.14 bits per heavy atom. The first-order chi connectivity index (χ1) is 10.6. The highest BCUT2D eigenvalue weighted by Crippen LogP contribution is 2.35. The number of benzene rings is 2. The minimum Gasteiger partial charge on any atom is -0.503 e. The molecular formula is C16H15ClN3OP. The molecule has 0 aliphatic heterocycles. The van der Waals surface area contributed by atoms with E-state index in [4.69, 9.17) is 11.6 Å². The summed E-state index contributed by atoms with van der Waals surface area (Å²) in [5.41, 5.74) is 0.930. The SMILES string of the molecule is CP(C)c1c(Nc2nc(Cl)ncc2O)ccc2ccccc12. The first kappa shape index (κ1) is 15.0. The summed E-state index contributed by atoms with van der Waals surface area (Å²) in [7, 11) is -0.350. The largest absolute Gasteiger partial charge is 0.503 e. The summed E-state index contributed by atoms with van der Waals surface area (Å²) in [6, 6.07) is 12.3. The van der Waals surface area contributed by atoms with Gasteiger partial charge in [0.15, 0.2) is 11.6 Å². The number of nitrogens with one attached hydrogen (secondary N) is 1. The third-order valence-corrected chi connectivity index (χ3v) is 4.90. The Labute approximate surface area is 134 Å². The van der Waals surface area contributed by atoms with Gasteiger partial charge >= 0.3 is 0 Å². The fourth-order valence-electron chi connectivity index (χ4n) is 2.41. The average molecular weight is 332 g/mol. The molecule has 3 aromatic rings. The van der Waals surface area contributed by atoms with Gasteiger partial charge in [-0.15, -0.1) is 0 Å². The second kappa shape index (κ2) is 6.07. The lowest BCUT2D eigenvalue weighted by molar-refractivity contribution is 0.472. The number of anilines is 2. The van der Waals surface area contributed by atoms with Crippen LogP contribution in [-0.4, -0.2) is 28.4 Å². The van der Waals surface area contributed by atoms with Crippen LogP contribution in [0.1, 0.15) is 0 Å². The van der Waals surface area contributed by atoms with E-state index in [-0.39, 0.29) is 19.0 Å². The van der Waals surface area contributed by atoms with Crippen molar-refractivity contribution in [3.8, 4) is 5.75 Å². The zero-order valence-electron chi connectivity index (χ0n) is 12.2. The molecule has 0 saturated heterocycles. The molecular weight excluding hydrogens is 317 g/mol. The Balaban J connectivity index is 2.14. The highest BCUT2D eigenvalue weighted by atomic mass is 35.5. The lowest BCUT2D eigenvalue weighted by atomic mass is 10.1. The van der Waals surface area contributed by atoms with Crippen molar-refractivity contribution < 1.29 is 5.11 Å². The predicted molar refractivity (Wildman–Crippen MR) is 94.3 cm³/mol. The fraction of sp³-hybridized carbons (Fsp3) is 0.125. The van der Waals surface area contributed by atoms with E-state index in [1.807, 2.05) is 18.2 Å². The summed E-state index contributed by atoms with van der Waals surface area (Å²) >= 11 is 5.81. The molecule has 0 spiro atoms. The Bertz CT molecular complexity index is 839. The Hall–Kier alpha value is -1.90. The lowest BCUT2D eigenvalue weighted by Crippen LogP contribution is -2.09. The van der Waals surface area contributed by atoms with Crippen LogP contribution in [0.5, 0.6) is 5.75 Å². The van der Waals surface area contributed by atoms with Gasteiger partial charge in [0.2, 0.25) is 5.28 Å². The van der Waals surface area contributed by atoms with E-state index in [2.05, 4.69) is 46.8 Å². The Morgan fingerprint density at radius 2 is 1.91 bits per heavy atom. The zero-order valence-corrected chi connectivity index (χ0v) is 13.9. The molecule has 0 saturated carbocycles. The molecule has 2 aromatic carbocycles. The molecule has 0 atom stereocenters. The molecule has 0 aliphatic carbocycles. The molecule has 0 aliphatic rings. The number of rotatable bonds is 3. The van der Waals surface area contributed by atoms with Crippen molar-refractivity contribution >= 4 is 47.1 Å². The van der Waals surface area contributed by atoms with Crippen LogP contribution in [0.15, 0.2) is 42.6 Å². The van der Waals surface area contributed by atoms with Gasteiger partial charge in [-0.25, -0.2) is 4.98 Å². The van der Waals surface area contributed by atoms with Crippen LogP contribution in [0.25, 0.3) is 10.8 Å². The summed E-state index contributed by atoms with van der Waals surface area (Å²) in [5, 5.41) is 16.8. The molecule has 4 nitrogen and oxygen atoms in total. The molecule has 0 unspecified atom stereocenters. The van der Waals surface area contributed by atoms with Gasteiger partial charge in [0.05, 0.1) is 6.20 Å². The Kier molecular flexibility index (Phi) is 4.14. The number of aromatic nitrogens is 2. The maximum absolute atomic E-state index is 9.90. The van der Waals surface area contributed by atoms with Crippen molar-refractivity contribution in [3.05, 3.63) is 47.9 Å². The van der Waals surface area contributed by atoms with E-state index in [1.165, 1.54) is 22.3 Å². The Morgan fingerprint density at radius 3 is 2.68 bits per heavy atom. The number of nitrogens with zero attached hydrogens (tertiary/aromatic N) is 2. The quantitative estimate of drug-likeness (QED) is 0.560. The normalized spacial score (nSPS) is 11.1. The van der Waals surface area contributed by atoms with E-state index in [0.29, 0.717) is 5.82 Å². The maximum atomic E-state index is 9.90. The molecule has 22 heavy (non-hydrogen) atoms. The number of halogens is 1. The molecule has 0 amide bonds. The van der Waals surface area contributed by atoms with Crippen molar-refractivity contribution in [2.75, 3.05) is 18.6 Å². The van der Waals surface area contributed by atoms with E-state index >= 15 is 0 Å².